The van der Waals surface area contributed by atoms with Gasteiger partial charge < -0.3 is 14.5 Å². The highest BCUT2D eigenvalue weighted by molar-refractivity contribution is 6.31. The zero-order valence-electron chi connectivity index (χ0n) is 14.0. The maximum atomic E-state index is 13.1. The molecule has 1 N–H and O–H groups in total. The predicted molar refractivity (Wildman–Crippen MR) is 94.8 cm³/mol. The Balaban J connectivity index is 1.68. The minimum absolute atomic E-state index is 0.101. The second kappa shape index (κ2) is 7.13. The van der Waals surface area contributed by atoms with Gasteiger partial charge in [-0.3, -0.25) is 4.79 Å². The van der Waals surface area contributed by atoms with Gasteiger partial charge in [0.15, 0.2) is 11.8 Å². The third-order valence-corrected chi connectivity index (χ3v) is 4.03. The molecule has 2 heterocycles. The summed E-state index contributed by atoms with van der Waals surface area (Å²) in [4.78, 5) is 28.6. The molecule has 8 heteroatoms. The monoisotopic (exact) mass is 375 g/mol. The second-order valence-electron chi connectivity index (χ2n) is 5.69. The number of ether oxygens (including phenoxy) is 1. The van der Waals surface area contributed by atoms with Gasteiger partial charge >= 0.3 is 5.97 Å². The number of nitrogens with one attached hydrogen (secondary N) is 1. The van der Waals surface area contributed by atoms with Crippen molar-refractivity contribution < 1.29 is 18.7 Å². The summed E-state index contributed by atoms with van der Waals surface area (Å²) in [5.74, 6) is -1.87. The lowest BCUT2D eigenvalue weighted by atomic mass is 10.3. The van der Waals surface area contributed by atoms with E-state index in [0.29, 0.717) is 11.3 Å². The summed E-state index contributed by atoms with van der Waals surface area (Å²) in [5, 5.41) is 2.39. The van der Waals surface area contributed by atoms with Crippen LogP contribution in [0.15, 0.2) is 42.6 Å². The molecule has 3 rings (SSSR count). The lowest BCUT2D eigenvalue weighted by Gasteiger charge is -2.13. The van der Waals surface area contributed by atoms with Crippen LogP contribution in [0, 0.1) is 12.7 Å². The molecule has 0 radical (unpaired) electrons. The number of hydrogen-bond donors (Lipinski definition) is 1. The molecular formula is C18H15ClFN3O3. The summed E-state index contributed by atoms with van der Waals surface area (Å²) < 4.78 is 20.1. The molecule has 1 atom stereocenters. The Bertz CT molecular complexity index is 1000. The standard InChI is InChI=1S/C18H15ClFN3O3/c1-10-4-3-5-16-22-15(9-23(10)16)18(25)26-11(2)17(24)21-12-6-7-14(20)13(19)8-12/h3-9,11H,1-2H3,(H,21,24)/t11-/m0/s1. The lowest BCUT2D eigenvalue weighted by molar-refractivity contribution is -0.123. The molecule has 2 aromatic heterocycles. The fourth-order valence-corrected chi connectivity index (χ4v) is 2.52. The number of nitrogens with zero attached hydrogens (tertiary/aromatic N) is 2. The third-order valence-electron chi connectivity index (χ3n) is 3.75. The van der Waals surface area contributed by atoms with Crippen LogP contribution in [-0.2, 0) is 9.53 Å². The van der Waals surface area contributed by atoms with E-state index in [1.807, 2.05) is 19.1 Å². The normalized spacial score (nSPS) is 12.0. The van der Waals surface area contributed by atoms with Crippen molar-refractivity contribution in [3.63, 3.8) is 0 Å². The van der Waals surface area contributed by atoms with Crippen molar-refractivity contribution >= 4 is 34.8 Å². The number of aryl methyl sites for hydroxylation is 1. The Kier molecular flexibility index (Phi) is 4.90. The van der Waals surface area contributed by atoms with E-state index in [0.717, 1.165) is 11.8 Å². The first-order chi connectivity index (χ1) is 12.3. The van der Waals surface area contributed by atoms with Gasteiger partial charge in [-0.25, -0.2) is 14.2 Å². The number of hydrogen-bond acceptors (Lipinski definition) is 4. The van der Waals surface area contributed by atoms with E-state index < -0.39 is 23.8 Å². The van der Waals surface area contributed by atoms with Crippen LogP contribution in [0.1, 0.15) is 23.1 Å². The van der Waals surface area contributed by atoms with Crippen LogP contribution in [-0.4, -0.2) is 27.4 Å². The summed E-state index contributed by atoms with van der Waals surface area (Å²) in [6, 6.07) is 9.24. The average Bonchev–Trinajstić information content (AvgIpc) is 3.04. The van der Waals surface area contributed by atoms with Crippen molar-refractivity contribution in [2.75, 3.05) is 5.32 Å². The van der Waals surface area contributed by atoms with E-state index in [1.165, 1.54) is 19.1 Å². The van der Waals surface area contributed by atoms with E-state index >= 15 is 0 Å². The van der Waals surface area contributed by atoms with Crippen LogP contribution in [0.25, 0.3) is 5.65 Å². The highest BCUT2D eigenvalue weighted by Crippen LogP contribution is 2.19. The predicted octanol–water partition coefficient (Wildman–Crippen LogP) is 3.62. The van der Waals surface area contributed by atoms with E-state index in [1.54, 1.807) is 16.7 Å². The smallest absolute Gasteiger partial charge is 0.359 e. The SMILES string of the molecule is Cc1cccc2nc(C(=O)O[C@@H](C)C(=O)Nc3ccc(F)c(Cl)c3)cn12. The number of esters is 1. The minimum atomic E-state index is -1.07. The first-order valence-electron chi connectivity index (χ1n) is 7.77. The number of imidazole rings is 1. The average molecular weight is 376 g/mol. The number of rotatable bonds is 4. The van der Waals surface area contributed by atoms with Crippen molar-refractivity contribution in [2.45, 2.75) is 20.0 Å². The molecule has 0 aliphatic heterocycles. The fourth-order valence-electron chi connectivity index (χ4n) is 2.34. The highest BCUT2D eigenvalue weighted by atomic mass is 35.5. The molecule has 0 fully saturated rings. The lowest BCUT2D eigenvalue weighted by Crippen LogP contribution is -2.30. The van der Waals surface area contributed by atoms with Crippen LogP contribution < -0.4 is 5.32 Å². The molecule has 1 amide bonds. The maximum absolute atomic E-state index is 13.1. The number of amides is 1. The zero-order chi connectivity index (χ0) is 18.8. The van der Waals surface area contributed by atoms with Crippen molar-refractivity contribution in [3.8, 4) is 0 Å². The van der Waals surface area contributed by atoms with Crippen LogP contribution in [0.3, 0.4) is 0 Å². The topological polar surface area (TPSA) is 72.7 Å². The van der Waals surface area contributed by atoms with Crippen LogP contribution in [0.4, 0.5) is 10.1 Å². The highest BCUT2D eigenvalue weighted by Gasteiger charge is 2.21. The molecule has 0 spiro atoms. The van der Waals surface area contributed by atoms with Gasteiger partial charge in [0.05, 0.1) is 5.02 Å². The number of pyridine rings is 1. The van der Waals surface area contributed by atoms with Gasteiger partial charge in [0, 0.05) is 17.6 Å². The molecule has 0 aliphatic carbocycles. The quantitative estimate of drug-likeness (QED) is 0.707. The van der Waals surface area contributed by atoms with Gasteiger partial charge in [-0.05, 0) is 44.2 Å². The maximum Gasteiger partial charge on any atom is 0.359 e. The first-order valence-corrected chi connectivity index (χ1v) is 8.14. The van der Waals surface area contributed by atoms with E-state index in [2.05, 4.69) is 10.3 Å². The summed E-state index contributed by atoms with van der Waals surface area (Å²) >= 11 is 5.67. The number of fused-ring (bicyclic) bond motifs is 1. The Hall–Kier alpha value is -2.93. The van der Waals surface area contributed by atoms with Crippen LogP contribution in [0.5, 0.6) is 0 Å². The number of halogens is 2. The van der Waals surface area contributed by atoms with Gasteiger partial charge in [-0.15, -0.1) is 0 Å². The molecule has 0 saturated carbocycles. The molecule has 0 saturated heterocycles. The molecule has 0 aliphatic rings. The molecule has 26 heavy (non-hydrogen) atoms. The summed E-state index contributed by atoms with van der Waals surface area (Å²) in [7, 11) is 0. The molecule has 6 nitrogen and oxygen atoms in total. The Labute approximate surface area is 153 Å². The van der Waals surface area contributed by atoms with Gasteiger partial charge in [0.1, 0.15) is 11.5 Å². The largest absolute Gasteiger partial charge is 0.448 e. The zero-order valence-corrected chi connectivity index (χ0v) is 14.7. The van der Waals surface area contributed by atoms with Crippen molar-refractivity contribution in [3.05, 3.63) is 64.8 Å². The molecular weight excluding hydrogens is 361 g/mol. The molecule has 1 aromatic carbocycles. The minimum Gasteiger partial charge on any atom is -0.448 e. The summed E-state index contributed by atoms with van der Waals surface area (Å²) in [5.41, 5.74) is 1.92. The summed E-state index contributed by atoms with van der Waals surface area (Å²) in [6.07, 6.45) is 0.481. The van der Waals surface area contributed by atoms with Gasteiger partial charge in [0.25, 0.3) is 5.91 Å². The molecule has 134 valence electrons. The molecule has 0 unspecified atom stereocenters. The number of carbonyl (C=O) groups is 2. The van der Waals surface area contributed by atoms with Crippen LogP contribution in [0.2, 0.25) is 5.02 Å². The van der Waals surface area contributed by atoms with E-state index in [4.69, 9.17) is 16.3 Å². The first kappa shape index (κ1) is 17.9. The number of aromatic nitrogens is 2. The van der Waals surface area contributed by atoms with Gasteiger partial charge in [0.2, 0.25) is 0 Å². The van der Waals surface area contributed by atoms with E-state index in [9.17, 15) is 14.0 Å². The fraction of sp³-hybridized carbons (Fsp3) is 0.167. The Morgan fingerprint density at radius 1 is 1.31 bits per heavy atom. The summed E-state index contributed by atoms with van der Waals surface area (Å²) in [6.45, 7) is 3.31. The van der Waals surface area contributed by atoms with Crippen molar-refractivity contribution in [1.82, 2.24) is 9.38 Å². The number of carbonyl (C=O) groups excluding carboxylic acids is 2. The Morgan fingerprint density at radius 2 is 2.08 bits per heavy atom. The number of benzene rings is 1. The third kappa shape index (κ3) is 3.67. The Morgan fingerprint density at radius 3 is 2.77 bits per heavy atom. The van der Waals surface area contributed by atoms with Crippen molar-refractivity contribution in [2.24, 2.45) is 0 Å². The van der Waals surface area contributed by atoms with Crippen LogP contribution >= 0.6 is 11.6 Å². The van der Waals surface area contributed by atoms with E-state index in [-0.39, 0.29) is 10.7 Å². The van der Waals surface area contributed by atoms with Gasteiger partial charge in [-0.1, -0.05) is 17.7 Å². The second-order valence-corrected chi connectivity index (χ2v) is 6.09. The molecule has 3 aromatic rings. The molecule has 0 bridgehead atoms. The van der Waals surface area contributed by atoms with Crippen molar-refractivity contribution in [1.29, 1.82) is 0 Å². The number of anilines is 1. The van der Waals surface area contributed by atoms with Gasteiger partial charge in [-0.2, -0.15) is 0 Å².